The van der Waals surface area contributed by atoms with E-state index in [1.807, 2.05) is 37.4 Å². The molecule has 21 heavy (non-hydrogen) atoms. The number of nitrogen functional groups attached to an aromatic ring is 1. The van der Waals surface area contributed by atoms with E-state index in [4.69, 9.17) is 10.6 Å². The number of benzene rings is 1. The van der Waals surface area contributed by atoms with Gasteiger partial charge in [-0.3, -0.25) is 5.43 Å². The van der Waals surface area contributed by atoms with Crippen LogP contribution in [0, 0.1) is 13.8 Å². The molecule has 0 saturated heterocycles. The van der Waals surface area contributed by atoms with Gasteiger partial charge < -0.3 is 4.74 Å². The number of aromatic nitrogens is 2. The number of hydrogen-bond donors (Lipinski definition) is 2. The molecule has 3 N–H and O–H groups in total. The smallest absolute Gasteiger partial charge is 0.241 e. The van der Waals surface area contributed by atoms with E-state index in [1.165, 1.54) is 11.3 Å². The minimum absolute atomic E-state index is 0.338. The number of anilines is 1. The number of thiophene rings is 1. The van der Waals surface area contributed by atoms with Crippen molar-refractivity contribution in [2.24, 2.45) is 5.84 Å². The number of nitrogens with one attached hydrogen (secondary N) is 1. The number of hydrogen-bond acceptors (Lipinski definition) is 6. The molecule has 0 amide bonds. The Hall–Kier alpha value is -1.70. The van der Waals surface area contributed by atoms with Crippen LogP contribution in [0.2, 0.25) is 0 Å². The van der Waals surface area contributed by atoms with Crippen LogP contribution < -0.4 is 16.0 Å². The zero-order valence-corrected chi connectivity index (χ0v) is 13.9. The minimum atomic E-state index is 0.338. The lowest BCUT2D eigenvalue weighted by molar-refractivity contribution is 0.468. The third-order valence-corrected chi connectivity index (χ3v) is 5.10. The van der Waals surface area contributed by atoms with Crippen LogP contribution in [0.3, 0.4) is 0 Å². The molecule has 0 bridgehead atoms. The van der Waals surface area contributed by atoms with E-state index in [0.717, 1.165) is 31.6 Å². The van der Waals surface area contributed by atoms with E-state index in [9.17, 15) is 0 Å². The van der Waals surface area contributed by atoms with Crippen molar-refractivity contribution in [1.82, 2.24) is 9.97 Å². The molecule has 0 unspecified atom stereocenters. The maximum atomic E-state index is 5.95. The molecule has 0 aliphatic heterocycles. The maximum Gasteiger partial charge on any atom is 0.241 e. The maximum absolute atomic E-state index is 5.95. The Morgan fingerprint density at radius 3 is 2.62 bits per heavy atom. The molecule has 0 saturated carbocycles. The van der Waals surface area contributed by atoms with E-state index in [0.29, 0.717) is 11.8 Å². The van der Waals surface area contributed by atoms with Gasteiger partial charge in [-0.1, -0.05) is 15.9 Å². The van der Waals surface area contributed by atoms with Gasteiger partial charge in [0.2, 0.25) is 11.8 Å². The Bertz CT molecular complexity index is 795. The summed E-state index contributed by atoms with van der Waals surface area (Å²) in [7, 11) is 0. The predicted molar refractivity (Wildman–Crippen MR) is 88.9 cm³/mol. The highest BCUT2D eigenvalue weighted by Crippen LogP contribution is 2.33. The van der Waals surface area contributed by atoms with Gasteiger partial charge in [0.05, 0.1) is 5.39 Å². The van der Waals surface area contributed by atoms with E-state index in [1.54, 1.807) is 0 Å². The first-order chi connectivity index (χ1) is 10.1. The van der Waals surface area contributed by atoms with E-state index >= 15 is 0 Å². The zero-order valence-electron chi connectivity index (χ0n) is 11.5. The standard InChI is InChI=1S/C14H13BrN4OS/c1-7-5-9(6-8(2)11(7)15)20-12-10-3-4-21-13(10)18-14(17-12)19-16/h3-6H,16H2,1-2H3,(H,17,18,19). The fraction of sp³-hybridized carbons (Fsp3) is 0.143. The SMILES string of the molecule is Cc1cc(Oc2nc(NN)nc3sccc23)cc(C)c1Br. The molecule has 2 heterocycles. The normalized spacial score (nSPS) is 10.9. The molecule has 3 rings (SSSR count). The summed E-state index contributed by atoms with van der Waals surface area (Å²) < 4.78 is 7.03. The predicted octanol–water partition coefficient (Wildman–Crippen LogP) is 4.15. The molecule has 0 fully saturated rings. The number of nitrogens with two attached hydrogens (primary N) is 1. The Labute approximate surface area is 134 Å². The fourth-order valence-electron chi connectivity index (χ4n) is 2.05. The number of ether oxygens (including phenoxy) is 1. The highest BCUT2D eigenvalue weighted by Gasteiger charge is 2.12. The molecule has 108 valence electrons. The monoisotopic (exact) mass is 364 g/mol. The lowest BCUT2D eigenvalue weighted by Crippen LogP contribution is -2.10. The number of nitrogens with zero attached hydrogens (tertiary/aromatic N) is 2. The average molecular weight is 365 g/mol. The summed E-state index contributed by atoms with van der Waals surface area (Å²) in [6.07, 6.45) is 0. The van der Waals surface area contributed by atoms with Crippen molar-refractivity contribution < 1.29 is 4.74 Å². The first-order valence-corrected chi connectivity index (χ1v) is 7.92. The summed E-state index contributed by atoms with van der Waals surface area (Å²) in [5, 5.41) is 2.82. The molecule has 5 nitrogen and oxygen atoms in total. The average Bonchev–Trinajstić information content (AvgIpc) is 2.93. The number of aryl methyl sites for hydroxylation is 2. The van der Waals surface area contributed by atoms with Crippen molar-refractivity contribution in [2.75, 3.05) is 5.43 Å². The second-order valence-electron chi connectivity index (χ2n) is 4.61. The van der Waals surface area contributed by atoms with Crippen LogP contribution in [0.15, 0.2) is 28.1 Å². The molecule has 3 aromatic rings. The molecule has 7 heteroatoms. The van der Waals surface area contributed by atoms with Crippen molar-refractivity contribution >= 4 is 43.4 Å². The van der Waals surface area contributed by atoms with E-state index in [2.05, 4.69) is 31.3 Å². The lowest BCUT2D eigenvalue weighted by Gasteiger charge is -2.10. The number of halogens is 1. The van der Waals surface area contributed by atoms with E-state index < -0.39 is 0 Å². The third-order valence-electron chi connectivity index (χ3n) is 3.04. The van der Waals surface area contributed by atoms with Crippen LogP contribution in [0.1, 0.15) is 11.1 Å². The molecule has 0 atom stereocenters. The summed E-state index contributed by atoms with van der Waals surface area (Å²) in [6.45, 7) is 4.05. The molecular weight excluding hydrogens is 352 g/mol. The summed E-state index contributed by atoms with van der Waals surface area (Å²) in [4.78, 5) is 9.42. The molecule has 2 aromatic heterocycles. The molecular formula is C14H13BrN4OS. The number of fused-ring (bicyclic) bond motifs is 1. The molecule has 0 radical (unpaired) electrons. The fourth-order valence-corrected chi connectivity index (χ4v) is 3.03. The second kappa shape index (κ2) is 5.59. The highest BCUT2D eigenvalue weighted by atomic mass is 79.9. The van der Waals surface area contributed by atoms with Crippen molar-refractivity contribution in [2.45, 2.75) is 13.8 Å². The third kappa shape index (κ3) is 2.72. The van der Waals surface area contributed by atoms with Gasteiger partial charge in [0.1, 0.15) is 10.6 Å². The Morgan fingerprint density at radius 1 is 1.24 bits per heavy atom. The molecule has 1 aromatic carbocycles. The van der Waals surface area contributed by atoms with Crippen molar-refractivity contribution in [3.8, 4) is 11.6 Å². The van der Waals surface area contributed by atoms with Crippen molar-refractivity contribution in [1.29, 1.82) is 0 Å². The second-order valence-corrected chi connectivity index (χ2v) is 6.30. The van der Waals surface area contributed by atoms with Gasteiger partial charge in [0.25, 0.3) is 0 Å². The van der Waals surface area contributed by atoms with Gasteiger partial charge >= 0.3 is 0 Å². The quantitative estimate of drug-likeness (QED) is 0.539. The number of rotatable bonds is 3. The van der Waals surface area contributed by atoms with Crippen LogP contribution in [-0.4, -0.2) is 9.97 Å². The highest BCUT2D eigenvalue weighted by molar-refractivity contribution is 9.10. The van der Waals surface area contributed by atoms with E-state index in [-0.39, 0.29) is 0 Å². The summed E-state index contributed by atoms with van der Waals surface area (Å²) in [5.74, 6) is 6.98. The molecule has 0 aliphatic carbocycles. The first-order valence-electron chi connectivity index (χ1n) is 6.25. The Balaban J connectivity index is 2.07. The van der Waals surface area contributed by atoms with Crippen LogP contribution in [-0.2, 0) is 0 Å². The lowest BCUT2D eigenvalue weighted by atomic mass is 10.1. The van der Waals surface area contributed by atoms with Gasteiger partial charge in [-0.25, -0.2) is 10.8 Å². The van der Waals surface area contributed by atoms with Gasteiger partial charge in [-0.2, -0.15) is 4.98 Å². The topological polar surface area (TPSA) is 73.1 Å². The van der Waals surface area contributed by atoms with Gasteiger partial charge in [-0.15, -0.1) is 11.3 Å². The largest absolute Gasteiger partial charge is 0.438 e. The minimum Gasteiger partial charge on any atom is -0.438 e. The van der Waals surface area contributed by atoms with Gasteiger partial charge in [-0.05, 0) is 48.6 Å². The Morgan fingerprint density at radius 2 is 1.95 bits per heavy atom. The van der Waals surface area contributed by atoms with Gasteiger partial charge in [0.15, 0.2) is 0 Å². The van der Waals surface area contributed by atoms with Crippen LogP contribution >= 0.6 is 27.3 Å². The first kappa shape index (κ1) is 14.2. The van der Waals surface area contributed by atoms with Crippen LogP contribution in [0.5, 0.6) is 11.6 Å². The van der Waals surface area contributed by atoms with Crippen molar-refractivity contribution in [3.63, 3.8) is 0 Å². The van der Waals surface area contributed by atoms with Crippen LogP contribution in [0.25, 0.3) is 10.2 Å². The Kier molecular flexibility index (Phi) is 3.79. The summed E-state index contributed by atoms with van der Waals surface area (Å²) in [6, 6.07) is 5.87. The summed E-state index contributed by atoms with van der Waals surface area (Å²) >= 11 is 5.07. The van der Waals surface area contributed by atoms with Crippen LogP contribution in [0.4, 0.5) is 5.95 Å². The van der Waals surface area contributed by atoms with Gasteiger partial charge in [0, 0.05) is 4.47 Å². The summed E-state index contributed by atoms with van der Waals surface area (Å²) in [5.41, 5.74) is 4.68. The molecule has 0 aliphatic rings. The zero-order chi connectivity index (χ0) is 15.0. The number of hydrazine groups is 1. The molecule has 0 spiro atoms. The van der Waals surface area contributed by atoms with Crippen molar-refractivity contribution in [3.05, 3.63) is 39.2 Å².